The van der Waals surface area contributed by atoms with Gasteiger partial charge in [0.1, 0.15) is 18.3 Å². The highest BCUT2D eigenvalue weighted by atomic mass is 35.5. The van der Waals surface area contributed by atoms with Gasteiger partial charge in [-0.1, -0.05) is 36.7 Å². The Bertz CT molecular complexity index is 1110. The molecule has 0 bridgehead atoms. The molecule has 2 aromatic rings. The molecule has 186 valence electrons. The molecular weight excluding hydrogens is 478 g/mol. The van der Waals surface area contributed by atoms with Crippen molar-refractivity contribution >= 4 is 39.1 Å². The number of sulfonamides is 1. The van der Waals surface area contributed by atoms with Crippen molar-refractivity contribution in [2.24, 2.45) is 0 Å². The summed E-state index contributed by atoms with van der Waals surface area (Å²) in [5.41, 5.74) is 1.75. The van der Waals surface area contributed by atoms with E-state index in [4.69, 9.17) is 16.3 Å². The number of hydrogen-bond acceptors (Lipinski definition) is 5. The number of benzene rings is 2. The van der Waals surface area contributed by atoms with Crippen LogP contribution in [0.25, 0.3) is 0 Å². The molecule has 2 aromatic carbocycles. The number of hydrogen-bond donors (Lipinski definition) is 1. The predicted molar refractivity (Wildman–Crippen MR) is 135 cm³/mol. The van der Waals surface area contributed by atoms with E-state index in [1.807, 2.05) is 6.92 Å². The maximum absolute atomic E-state index is 13.6. The van der Waals surface area contributed by atoms with Crippen LogP contribution in [0.3, 0.4) is 0 Å². The third kappa shape index (κ3) is 7.11. The Hall–Kier alpha value is -2.78. The monoisotopic (exact) mass is 509 g/mol. The Balaban J connectivity index is 2.46. The second-order valence-corrected chi connectivity index (χ2v) is 10.2. The van der Waals surface area contributed by atoms with Gasteiger partial charge in [0.2, 0.25) is 21.8 Å². The van der Waals surface area contributed by atoms with Crippen LogP contribution in [0, 0.1) is 6.92 Å². The summed E-state index contributed by atoms with van der Waals surface area (Å²) in [6.45, 7) is 5.43. The number of methoxy groups -OCH3 is 1. The van der Waals surface area contributed by atoms with Gasteiger partial charge in [-0.05, 0) is 55.7 Å². The molecule has 0 aliphatic rings. The Morgan fingerprint density at radius 1 is 1.12 bits per heavy atom. The van der Waals surface area contributed by atoms with Crippen LogP contribution in [0.15, 0.2) is 42.5 Å². The van der Waals surface area contributed by atoms with Crippen molar-refractivity contribution < 1.29 is 22.7 Å². The van der Waals surface area contributed by atoms with E-state index in [1.54, 1.807) is 57.4 Å². The molecule has 0 heterocycles. The van der Waals surface area contributed by atoms with Gasteiger partial charge in [0, 0.05) is 18.1 Å². The van der Waals surface area contributed by atoms with Crippen LogP contribution in [0.2, 0.25) is 5.02 Å². The molecule has 8 nitrogen and oxygen atoms in total. The maximum Gasteiger partial charge on any atom is 0.244 e. The van der Waals surface area contributed by atoms with E-state index >= 15 is 0 Å². The minimum Gasteiger partial charge on any atom is -0.497 e. The number of rotatable bonds is 11. The number of halogens is 1. The van der Waals surface area contributed by atoms with Crippen LogP contribution in [0.5, 0.6) is 5.75 Å². The van der Waals surface area contributed by atoms with Gasteiger partial charge in [0.15, 0.2) is 0 Å². The molecular formula is C24H32ClN3O5S. The Morgan fingerprint density at radius 3 is 2.29 bits per heavy atom. The lowest BCUT2D eigenvalue weighted by atomic mass is 10.1. The molecule has 0 saturated carbocycles. The van der Waals surface area contributed by atoms with Crippen LogP contribution in [0.4, 0.5) is 5.69 Å². The lowest BCUT2D eigenvalue weighted by Crippen LogP contribution is -2.52. The second kappa shape index (κ2) is 12.1. The molecule has 2 rings (SSSR count). The van der Waals surface area contributed by atoms with Crippen molar-refractivity contribution in [3.05, 3.63) is 58.6 Å². The molecule has 1 N–H and O–H groups in total. The molecule has 0 unspecified atom stereocenters. The summed E-state index contributed by atoms with van der Waals surface area (Å²) in [5, 5.41) is 3.12. The third-order valence-corrected chi connectivity index (χ3v) is 6.73. The van der Waals surface area contributed by atoms with Crippen LogP contribution in [-0.2, 0) is 26.2 Å². The van der Waals surface area contributed by atoms with Crippen LogP contribution >= 0.6 is 11.6 Å². The summed E-state index contributed by atoms with van der Waals surface area (Å²) in [7, 11) is -2.26. The van der Waals surface area contributed by atoms with E-state index in [2.05, 4.69) is 5.32 Å². The van der Waals surface area contributed by atoms with E-state index in [9.17, 15) is 18.0 Å². The van der Waals surface area contributed by atoms with Crippen molar-refractivity contribution in [3.8, 4) is 5.75 Å². The SMILES string of the molecule is CCNC(=O)[C@@H](CC)N(Cc1ccc(OC)cc1)C(=O)CN(c1cc(Cl)ccc1C)S(C)(=O)=O. The molecule has 0 aliphatic carbocycles. The lowest BCUT2D eigenvalue weighted by molar-refractivity contribution is -0.140. The normalized spacial score (nSPS) is 12.1. The molecule has 2 amide bonds. The topological polar surface area (TPSA) is 96.0 Å². The number of amides is 2. The Morgan fingerprint density at radius 2 is 1.76 bits per heavy atom. The summed E-state index contributed by atoms with van der Waals surface area (Å²) in [6, 6.07) is 11.2. The van der Waals surface area contributed by atoms with Crippen LogP contribution in [-0.4, -0.2) is 57.6 Å². The van der Waals surface area contributed by atoms with Crippen molar-refractivity contribution in [1.29, 1.82) is 0 Å². The number of aryl methyl sites for hydroxylation is 1. The van der Waals surface area contributed by atoms with Crippen molar-refractivity contribution in [3.63, 3.8) is 0 Å². The fourth-order valence-electron chi connectivity index (χ4n) is 3.59. The number of carbonyl (C=O) groups excluding carboxylic acids is 2. The lowest BCUT2D eigenvalue weighted by Gasteiger charge is -2.33. The zero-order valence-corrected chi connectivity index (χ0v) is 21.7. The highest BCUT2D eigenvalue weighted by Crippen LogP contribution is 2.27. The number of ether oxygens (including phenoxy) is 1. The number of carbonyl (C=O) groups is 2. The first-order chi connectivity index (χ1) is 16.0. The number of anilines is 1. The highest BCUT2D eigenvalue weighted by Gasteiger charge is 2.32. The molecule has 1 atom stereocenters. The zero-order valence-electron chi connectivity index (χ0n) is 20.2. The number of likely N-dealkylation sites (N-methyl/N-ethyl adjacent to an activating group) is 1. The van der Waals surface area contributed by atoms with E-state index < -0.39 is 28.5 Å². The molecule has 0 aromatic heterocycles. The first-order valence-corrected chi connectivity index (χ1v) is 13.2. The zero-order chi connectivity index (χ0) is 25.5. The summed E-state index contributed by atoms with van der Waals surface area (Å²) >= 11 is 6.11. The molecule has 0 saturated heterocycles. The Kier molecular flexibility index (Phi) is 9.76. The second-order valence-electron chi connectivity index (χ2n) is 7.89. The van der Waals surface area contributed by atoms with E-state index in [0.717, 1.165) is 16.1 Å². The predicted octanol–water partition coefficient (Wildman–Crippen LogP) is 3.37. The summed E-state index contributed by atoms with van der Waals surface area (Å²) in [5.74, 6) is -0.132. The molecule has 0 aliphatic heterocycles. The molecule has 0 fully saturated rings. The van der Waals surface area contributed by atoms with Gasteiger partial charge in [-0.3, -0.25) is 13.9 Å². The largest absolute Gasteiger partial charge is 0.497 e. The minimum absolute atomic E-state index is 0.130. The first kappa shape index (κ1) is 27.5. The summed E-state index contributed by atoms with van der Waals surface area (Å²) in [4.78, 5) is 27.8. The Labute approximate surface area is 206 Å². The quantitative estimate of drug-likeness (QED) is 0.501. The molecule has 0 radical (unpaired) electrons. The smallest absolute Gasteiger partial charge is 0.244 e. The average molecular weight is 510 g/mol. The number of nitrogens with zero attached hydrogens (tertiary/aromatic N) is 2. The van der Waals surface area contributed by atoms with E-state index in [-0.39, 0.29) is 12.5 Å². The third-order valence-electron chi connectivity index (χ3n) is 5.37. The summed E-state index contributed by atoms with van der Waals surface area (Å²) in [6.07, 6.45) is 1.40. The van der Waals surface area contributed by atoms with E-state index in [1.165, 1.54) is 11.0 Å². The van der Waals surface area contributed by atoms with Gasteiger partial charge in [-0.25, -0.2) is 8.42 Å². The fraction of sp³-hybridized carbons (Fsp3) is 0.417. The standard InChI is InChI=1S/C24H32ClN3O5S/c1-6-21(24(30)26-7-2)27(15-18-9-12-20(33-4)13-10-18)23(29)16-28(34(5,31)32)22-14-19(25)11-8-17(22)3/h8-14,21H,6-7,15-16H2,1-5H3,(H,26,30)/t21-/m1/s1. The van der Waals surface area contributed by atoms with Gasteiger partial charge in [-0.15, -0.1) is 0 Å². The van der Waals surface area contributed by atoms with Crippen molar-refractivity contribution in [1.82, 2.24) is 10.2 Å². The number of nitrogens with one attached hydrogen (secondary N) is 1. The first-order valence-electron chi connectivity index (χ1n) is 11.0. The molecule has 0 spiro atoms. The van der Waals surface area contributed by atoms with Crippen molar-refractivity contribution in [2.45, 2.75) is 39.8 Å². The fourth-order valence-corrected chi connectivity index (χ4v) is 4.65. The highest BCUT2D eigenvalue weighted by molar-refractivity contribution is 7.92. The van der Waals surface area contributed by atoms with Gasteiger partial charge >= 0.3 is 0 Å². The van der Waals surface area contributed by atoms with Gasteiger partial charge in [-0.2, -0.15) is 0 Å². The van der Waals surface area contributed by atoms with Gasteiger partial charge in [0.25, 0.3) is 0 Å². The minimum atomic E-state index is -3.82. The van der Waals surface area contributed by atoms with Crippen LogP contribution in [0.1, 0.15) is 31.4 Å². The summed E-state index contributed by atoms with van der Waals surface area (Å²) < 4.78 is 31.6. The maximum atomic E-state index is 13.6. The average Bonchev–Trinajstić information content (AvgIpc) is 2.78. The van der Waals surface area contributed by atoms with Gasteiger partial charge in [0.05, 0.1) is 19.1 Å². The van der Waals surface area contributed by atoms with Gasteiger partial charge < -0.3 is 15.0 Å². The van der Waals surface area contributed by atoms with Crippen LogP contribution < -0.4 is 14.4 Å². The van der Waals surface area contributed by atoms with E-state index in [0.29, 0.717) is 35.0 Å². The van der Waals surface area contributed by atoms with Crippen molar-refractivity contribution in [2.75, 3.05) is 30.8 Å². The molecule has 34 heavy (non-hydrogen) atoms. The molecule has 10 heteroatoms.